The van der Waals surface area contributed by atoms with Crippen LogP contribution in [-0.2, 0) is 11.3 Å². The first kappa shape index (κ1) is 15.1. The molecule has 0 saturated carbocycles. The summed E-state index contributed by atoms with van der Waals surface area (Å²) in [5, 5.41) is 0. The molecule has 2 aliphatic rings. The number of carbonyl (C=O) groups excluding carboxylic acids is 1. The fourth-order valence-electron chi connectivity index (χ4n) is 2.61. The average molecular weight is 312 g/mol. The van der Waals surface area contributed by atoms with E-state index in [-0.39, 0.29) is 11.5 Å². The summed E-state index contributed by atoms with van der Waals surface area (Å²) in [6, 6.07) is 3.87. The maximum absolute atomic E-state index is 12.0. The fraction of sp³-hybridized carbons (Fsp3) is 0.312. The molecule has 1 N–H and O–H groups in total. The number of H-pyrrole nitrogens is 1. The maximum atomic E-state index is 12.0. The number of nitrogens with one attached hydrogen (secondary N) is 1. The third kappa shape index (κ3) is 2.65. The summed E-state index contributed by atoms with van der Waals surface area (Å²) in [4.78, 5) is 44.7. The third-order valence-electron chi connectivity index (χ3n) is 3.93. The molecule has 3 rings (SSSR count). The van der Waals surface area contributed by atoms with Crippen LogP contribution < -0.4 is 11.2 Å². The number of fused-ring (bicyclic) bond motifs is 2. The number of hydrogen-bond donors (Lipinski definition) is 1. The van der Waals surface area contributed by atoms with Crippen molar-refractivity contribution in [3.63, 3.8) is 0 Å². The lowest BCUT2D eigenvalue weighted by atomic mass is 10.1. The van der Waals surface area contributed by atoms with Gasteiger partial charge >= 0.3 is 5.69 Å². The topological polar surface area (TPSA) is 97.7 Å². The highest BCUT2D eigenvalue weighted by Crippen LogP contribution is 2.24. The first-order valence-electron chi connectivity index (χ1n) is 7.36. The van der Waals surface area contributed by atoms with Gasteiger partial charge in [-0.05, 0) is 43.5 Å². The molecule has 7 heteroatoms. The Morgan fingerprint density at radius 1 is 1.17 bits per heavy atom. The Kier molecular flexibility index (Phi) is 3.77. The zero-order chi connectivity index (χ0) is 16.6. The van der Waals surface area contributed by atoms with Crippen LogP contribution in [-0.4, -0.2) is 25.8 Å². The zero-order valence-electron chi connectivity index (χ0n) is 12.9. The Bertz CT molecular complexity index is 987. The summed E-state index contributed by atoms with van der Waals surface area (Å²) in [7, 11) is 0. The molecule has 0 fully saturated rings. The Morgan fingerprint density at radius 3 is 2.65 bits per heavy atom. The molecule has 0 atom stereocenters. The highest BCUT2D eigenvalue weighted by Gasteiger charge is 2.18. The predicted molar refractivity (Wildman–Crippen MR) is 85.8 cm³/mol. The van der Waals surface area contributed by atoms with Crippen LogP contribution in [0.2, 0.25) is 0 Å². The number of carbonyl (C=O) groups is 1. The number of aromatic amines is 1. The number of nitrogens with zero attached hydrogens (tertiary/aromatic N) is 3. The van der Waals surface area contributed by atoms with E-state index in [2.05, 4.69) is 15.0 Å². The van der Waals surface area contributed by atoms with Gasteiger partial charge in [0.2, 0.25) is 0 Å². The summed E-state index contributed by atoms with van der Waals surface area (Å²) < 4.78 is 1.80. The molecule has 0 radical (unpaired) electrons. The van der Waals surface area contributed by atoms with Crippen molar-refractivity contribution in [1.82, 2.24) is 19.5 Å². The minimum Gasteiger partial charge on any atom is -0.322 e. The van der Waals surface area contributed by atoms with Crippen LogP contribution in [0.15, 0.2) is 21.7 Å². The van der Waals surface area contributed by atoms with Gasteiger partial charge in [-0.15, -0.1) is 0 Å². The van der Waals surface area contributed by atoms with Gasteiger partial charge < -0.3 is 9.36 Å². The zero-order valence-corrected chi connectivity index (χ0v) is 12.9. The Labute approximate surface area is 131 Å². The van der Waals surface area contributed by atoms with Crippen molar-refractivity contribution < 1.29 is 4.79 Å². The number of unbranched alkanes of at least 4 members (excludes halogenated alkanes) is 1. The number of aryl methyl sites for hydroxylation is 3. The van der Waals surface area contributed by atoms with Crippen molar-refractivity contribution in [2.45, 2.75) is 33.2 Å². The molecule has 2 heterocycles. The van der Waals surface area contributed by atoms with Crippen LogP contribution in [0.3, 0.4) is 0 Å². The average Bonchev–Trinajstić information content (AvgIpc) is 2.49. The van der Waals surface area contributed by atoms with Crippen molar-refractivity contribution in [3.8, 4) is 11.5 Å². The van der Waals surface area contributed by atoms with E-state index in [9.17, 15) is 14.4 Å². The van der Waals surface area contributed by atoms with Gasteiger partial charge in [-0.3, -0.25) is 9.78 Å². The molecule has 118 valence electrons. The van der Waals surface area contributed by atoms with Crippen molar-refractivity contribution in [2.24, 2.45) is 0 Å². The minimum absolute atomic E-state index is 0.131. The number of aromatic nitrogens is 4. The van der Waals surface area contributed by atoms with Crippen molar-refractivity contribution >= 4 is 17.3 Å². The largest absolute Gasteiger partial charge is 0.349 e. The Hall–Kier alpha value is -2.83. The lowest BCUT2D eigenvalue weighted by Crippen LogP contribution is -2.29. The molecular weight excluding hydrogens is 296 g/mol. The first-order valence-corrected chi connectivity index (χ1v) is 7.36. The third-order valence-corrected chi connectivity index (χ3v) is 3.93. The lowest BCUT2D eigenvalue weighted by Gasteiger charge is -2.17. The standard InChI is InChI=1S/C16H16N4O3/c1-9-7-11-12(8-10(9)2)20(5-3-4-6-21)14-13(17-11)15(22)19-16(23)18-14/h6-8H,3-5H2,1-2H3,(H,19,22,23). The summed E-state index contributed by atoms with van der Waals surface area (Å²) >= 11 is 0. The highest BCUT2D eigenvalue weighted by molar-refractivity contribution is 5.81. The van der Waals surface area contributed by atoms with Crippen LogP contribution in [0.25, 0.3) is 22.6 Å². The van der Waals surface area contributed by atoms with Crippen LogP contribution in [0.4, 0.5) is 0 Å². The minimum atomic E-state index is -0.698. The SMILES string of the molecule is Cc1cc2nc3c(=O)[nH]c(=O)nc-3n(CCCC=O)c2cc1C. The van der Waals surface area contributed by atoms with Gasteiger partial charge in [-0.2, -0.15) is 4.98 Å². The van der Waals surface area contributed by atoms with Gasteiger partial charge in [-0.1, -0.05) is 0 Å². The Morgan fingerprint density at radius 2 is 1.91 bits per heavy atom. The van der Waals surface area contributed by atoms with Gasteiger partial charge in [0.25, 0.3) is 5.56 Å². The van der Waals surface area contributed by atoms with Crippen LogP contribution in [0.5, 0.6) is 0 Å². The van der Waals surface area contributed by atoms with E-state index in [1.54, 1.807) is 4.57 Å². The molecule has 7 nitrogen and oxygen atoms in total. The molecule has 0 amide bonds. The molecule has 1 aromatic carbocycles. The molecular formula is C16H16N4O3. The van der Waals surface area contributed by atoms with E-state index in [1.165, 1.54) is 0 Å². The van der Waals surface area contributed by atoms with E-state index in [0.29, 0.717) is 24.9 Å². The van der Waals surface area contributed by atoms with Crippen molar-refractivity contribution in [2.75, 3.05) is 0 Å². The van der Waals surface area contributed by atoms with Crippen LogP contribution >= 0.6 is 0 Å². The number of hydrogen-bond acceptors (Lipinski definition) is 5. The monoisotopic (exact) mass is 312 g/mol. The van der Waals surface area contributed by atoms with Crippen molar-refractivity contribution in [3.05, 3.63) is 44.1 Å². The van der Waals surface area contributed by atoms with E-state index < -0.39 is 11.2 Å². The van der Waals surface area contributed by atoms with Gasteiger partial charge in [0, 0.05) is 13.0 Å². The number of rotatable bonds is 4. The molecule has 1 aromatic rings. The fourth-order valence-corrected chi connectivity index (χ4v) is 2.61. The van der Waals surface area contributed by atoms with E-state index in [4.69, 9.17) is 0 Å². The van der Waals surface area contributed by atoms with Gasteiger partial charge in [-0.25, -0.2) is 9.78 Å². The van der Waals surface area contributed by atoms with Gasteiger partial charge in [0.15, 0.2) is 11.5 Å². The molecule has 0 bridgehead atoms. The predicted octanol–water partition coefficient (Wildman–Crippen LogP) is 1.18. The van der Waals surface area contributed by atoms with E-state index >= 15 is 0 Å². The van der Waals surface area contributed by atoms with E-state index in [0.717, 1.165) is 22.9 Å². The number of benzene rings is 1. The molecule has 0 unspecified atom stereocenters. The summed E-state index contributed by atoms with van der Waals surface area (Å²) in [6.45, 7) is 4.44. The summed E-state index contributed by atoms with van der Waals surface area (Å²) in [5.41, 5.74) is 2.48. The van der Waals surface area contributed by atoms with Crippen LogP contribution in [0.1, 0.15) is 24.0 Å². The molecule has 0 aromatic heterocycles. The molecule has 0 saturated heterocycles. The highest BCUT2D eigenvalue weighted by atomic mass is 16.2. The second kappa shape index (κ2) is 5.75. The normalized spacial score (nSPS) is 11.2. The Balaban J connectivity index is 2.39. The summed E-state index contributed by atoms with van der Waals surface area (Å²) in [6.07, 6.45) is 1.84. The second-order valence-corrected chi connectivity index (χ2v) is 5.54. The first-order chi connectivity index (χ1) is 11.0. The van der Waals surface area contributed by atoms with Crippen LogP contribution in [0, 0.1) is 13.8 Å². The van der Waals surface area contributed by atoms with Gasteiger partial charge in [0.05, 0.1) is 11.0 Å². The molecule has 0 spiro atoms. The maximum Gasteiger partial charge on any atom is 0.349 e. The molecule has 2 aliphatic heterocycles. The quantitative estimate of drug-likeness (QED) is 0.443. The summed E-state index contributed by atoms with van der Waals surface area (Å²) in [5.74, 6) is 0.250. The number of aldehydes is 1. The molecule has 23 heavy (non-hydrogen) atoms. The molecule has 0 aliphatic carbocycles. The van der Waals surface area contributed by atoms with E-state index in [1.807, 2.05) is 26.0 Å². The second-order valence-electron chi connectivity index (χ2n) is 5.54. The lowest BCUT2D eigenvalue weighted by molar-refractivity contribution is -0.107. The van der Waals surface area contributed by atoms with Gasteiger partial charge in [0.1, 0.15) is 6.29 Å². The van der Waals surface area contributed by atoms with Crippen molar-refractivity contribution in [1.29, 1.82) is 0 Å². The smallest absolute Gasteiger partial charge is 0.322 e.